The van der Waals surface area contributed by atoms with Gasteiger partial charge in [0.25, 0.3) is 0 Å². The predicted octanol–water partition coefficient (Wildman–Crippen LogP) is 5.69. The molecule has 0 radical (unpaired) electrons. The molecule has 1 aromatic rings. The van der Waals surface area contributed by atoms with E-state index in [1.165, 1.54) is 24.9 Å². The number of rotatable bonds is 13. The van der Waals surface area contributed by atoms with Crippen molar-refractivity contribution in [1.82, 2.24) is 10.2 Å². The van der Waals surface area contributed by atoms with Crippen molar-refractivity contribution >= 4 is 40.9 Å². The standard InChI is InChI=1S/C34H41Cl2FN4O3S/c1-21(11-16-29(37)22(2)44-5)41-30(34(3,4)25-14-15-27(35)28(36)19-25)9-6-10-31(41)45-20-23-12-13-24(26(18-23)32(42)43)8-7-17-40-33(38)39/h9,11-14,16,18,22,27-29,31,33,40H,1,15,17,19-20,38-39H2,2-5H3,(H,42,43)/b16-11-. The first-order valence-corrected chi connectivity index (χ1v) is 16.4. The Morgan fingerprint density at radius 1 is 1.38 bits per heavy atom. The molecule has 242 valence electrons. The molecule has 1 aromatic carbocycles. The Morgan fingerprint density at radius 2 is 2.11 bits per heavy atom. The van der Waals surface area contributed by atoms with E-state index in [2.05, 4.69) is 55.5 Å². The van der Waals surface area contributed by atoms with Crippen LogP contribution in [0.2, 0.25) is 0 Å². The Morgan fingerprint density at radius 3 is 2.76 bits per heavy atom. The SMILES string of the molecule is C=C(/C=C\C(F)C(C)OC)N1C(C(C)(C)C2=CCC(Cl)C(Cl)C2)=CC#CC1SCc1ccc(C#CCNC(N)N)c(C(=O)O)c1. The number of allylic oxidation sites excluding steroid dienone is 4. The third kappa shape index (κ3) is 9.88. The predicted molar refractivity (Wildman–Crippen MR) is 183 cm³/mol. The van der Waals surface area contributed by atoms with Crippen LogP contribution in [0.5, 0.6) is 0 Å². The molecule has 1 aliphatic carbocycles. The number of carbonyl (C=O) groups is 1. The summed E-state index contributed by atoms with van der Waals surface area (Å²) in [5.41, 5.74) is 14.3. The summed E-state index contributed by atoms with van der Waals surface area (Å²) in [5, 5.41) is 11.9. The largest absolute Gasteiger partial charge is 0.478 e. The van der Waals surface area contributed by atoms with Crippen molar-refractivity contribution in [3.63, 3.8) is 0 Å². The summed E-state index contributed by atoms with van der Waals surface area (Å²) in [5.74, 6) is 11.5. The van der Waals surface area contributed by atoms with Crippen LogP contribution >= 0.6 is 35.0 Å². The molecule has 5 atom stereocenters. The van der Waals surface area contributed by atoms with Crippen LogP contribution in [-0.2, 0) is 10.5 Å². The molecule has 0 fully saturated rings. The Kier molecular flexibility index (Phi) is 13.6. The van der Waals surface area contributed by atoms with E-state index in [1.807, 2.05) is 17.0 Å². The Labute approximate surface area is 280 Å². The summed E-state index contributed by atoms with van der Waals surface area (Å²) < 4.78 is 19.9. The highest BCUT2D eigenvalue weighted by molar-refractivity contribution is 7.99. The summed E-state index contributed by atoms with van der Waals surface area (Å²) in [6.07, 6.45) is 5.74. The van der Waals surface area contributed by atoms with Gasteiger partial charge in [0, 0.05) is 41.3 Å². The summed E-state index contributed by atoms with van der Waals surface area (Å²) in [4.78, 5) is 14.1. The minimum atomic E-state index is -1.33. The van der Waals surface area contributed by atoms with Gasteiger partial charge in [-0.05, 0) is 49.6 Å². The Bertz CT molecular complexity index is 1470. The average Bonchev–Trinajstić information content (AvgIpc) is 3.01. The monoisotopic (exact) mass is 674 g/mol. The van der Waals surface area contributed by atoms with Gasteiger partial charge in [-0.2, -0.15) is 0 Å². The first-order chi connectivity index (χ1) is 21.3. The number of benzene rings is 1. The normalized spacial score (nSPS) is 21.3. The zero-order chi connectivity index (χ0) is 33.3. The molecule has 1 heterocycles. The number of nitrogens with zero attached hydrogens (tertiary/aromatic N) is 1. The molecule has 0 saturated carbocycles. The average molecular weight is 676 g/mol. The molecule has 0 amide bonds. The number of nitrogens with one attached hydrogen (secondary N) is 1. The van der Waals surface area contributed by atoms with Crippen LogP contribution in [0.4, 0.5) is 4.39 Å². The molecule has 1 aliphatic heterocycles. The maximum Gasteiger partial charge on any atom is 0.336 e. The Hall–Kier alpha value is -2.73. The lowest BCUT2D eigenvalue weighted by Crippen LogP contribution is -2.45. The molecule has 11 heteroatoms. The topological polar surface area (TPSA) is 114 Å². The summed E-state index contributed by atoms with van der Waals surface area (Å²) in [6.45, 7) is 10.4. The number of aromatic carboxylic acids is 1. The van der Waals surface area contributed by atoms with E-state index >= 15 is 0 Å². The second-order valence-corrected chi connectivity index (χ2v) is 13.5. The highest BCUT2D eigenvalue weighted by atomic mass is 35.5. The van der Waals surface area contributed by atoms with Crippen molar-refractivity contribution < 1.29 is 19.0 Å². The van der Waals surface area contributed by atoms with Crippen LogP contribution in [0.3, 0.4) is 0 Å². The van der Waals surface area contributed by atoms with Crippen LogP contribution < -0.4 is 16.8 Å². The third-order valence-electron chi connectivity index (χ3n) is 7.72. The van der Waals surface area contributed by atoms with Crippen LogP contribution in [0.1, 0.15) is 55.1 Å². The van der Waals surface area contributed by atoms with Crippen molar-refractivity contribution in [1.29, 1.82) is 0 Å². The molecule has 5 unspecified atom stereocenters. The lowest BCUT2D eigenvalue weighted by atomic mass is 9.74. The number of methoxy groups -OCH3 is 1. The maximum absolute atomic E-state index is 14.7. The van der Waals surface area contributed by atoms with Gasteiger partial charge < -0.3 is 26.2 Å². The van der Waals surface area contributed by atoms with Crippen LogP contribution in [-0.4, -0.2) is 64.3 Å². The van der Waals surface area contributed by atoms with E-state index in [-0.39, 0.29) is 22.9 Å². The van der Waals surface area contributed by atoms with Gasteiger partial charge in [0.05, 0.1) is 29.0 Å². The van der Waals surface area contributed by atoms with Crippen molar-refractivity contribution in [2.75, 3.05) is 13.7 Å². The second kappa shape index (κ2) is 16.7. The minimum Gasteiger partial charge on any atom is -0.478 e. The maximum atomic E-state index is 14.7. The zero-order valence-corrected chi connectivity index (χ0v) is 28.3. The number of carboxylic acid groups (broad SMARTS) is 1. The Balaban J connectivity index is 1.91. The zero-order valence-electron chi connectivity index (χ0n) is 25.9. The van der Waals surface area contributed by atoms with E-state index in [9.17, 15) is 14.3 Å². The highest BCUT2D eigenvalue weighted by Gasteiger charge is 2.39. The van der Waals surface area contributed by atoms with Crippen molar-refractivity contribution in [3.05, 3.63) is 82.7 Å². The summed E-state index contributed by atoms with van der Waals surface area (Å²) >= 11 is 14.5. The van der Waals surface area contributed by atoms with Gasteiger partial charge >= 0.3 is 5.97 Å². The number of nitrogens with two attached hydrogens (primary N) is 2. The van der Waals surface area contributed by atoms with E-state index in [4.69, 9.17) is 39.4 Å². The second-order valence-electron chi connectivity index (χ2n) is 11.3. The van der Waals surface area contributed by atoms with Gasteiger partial charge in [0.15, 0.2) is 0 Å². The number of thioether (sulfide) groups is 1. The number of hydrogen-bond acceptors (Lipinski definition) is 7. The molecule has 0 aromatic heterocycles. The van der Waals surface area contributed by atoms with Gasteiger partial charge in [-0.3, -0.25) is 5.32 Å². The first kappa shape index (κ1) is 36.7. The van der Waals surface area contributed by atoms with Crippen LogP contribution in [0.25, 0.3) is 0 Å². The number of carboxylic acids is 1. The van der Waals surface area contributed by atoms with Crippen molar-refractivity contribution in [2.24, 2.45) is 16.9 Å². The van der Waals surface area contributed by atoms with Gasteiger partial charge in [0.2, 0.25) is 0 Å². The fourth-order valence-corrected chi connectivity index (χ4v) is 6.39. The molecule has 2 aliphatic rings. The first-order valence-electron chi connectivity index (χ1n) is 14.5. The van der Waals surface area contributed by atoms with Crippen LogP contribution in [0.15, 0.2) is 66.0 Å². The number of halogens is 3. The van der Waals surface area contributed by atoms with E-state index < -0.39 is 35.3 Å². The smallest absolute Gasteiger partial charge is 0.336 e. The molecule has 0 spiro atoms. The van der Waals surface area contributed by atoms with Crippen molar-refractivity contribution in [2.45, 2.75) is 74.1 Å². The lowest BCUT2D eigenvalue weighted by molar-refractivity contribution is 0.0656. The van der Waals surface area contributed by atoms with Gasteiger partial charge in [-0.1, -0.05) is 61.8 Å². The molecule has 7 nitrogen and oxygen atoms in total. The quantitative estimate of drug-likeness (QED) is 0.0694. The van der Waals surface area contributed by atoms with Gasteiger partial charge in [0.1, 0.15) is 17.8 Å². The third-order valence-corrected chi connectivity index (χ3v) is 9.94. The number of ether oxygens (including phenoxy) is 1. The highest BCUT2D eigenvalue weighted by Crippen LogP contribution is 2.46. The van der Waals surface area contributed by atoms with E-state index in [1.54, 1.807) is 25.1 Å². The molecule has 3 rings (SSSR count). The number of alkyl halides is 3. The molecule has 45 heavy (non-hydrogen) atoms. The van der Waals surface area contributed by atoms with E-state index in [0.717, 1.165) is 16.8 Å². The fraction of sp³-hybridized carbons (Fsp3) is 0.441. The summed E-state index contributed by atoms with van der Waals surface area (Å²) in [6, 6.07) is 5.15. The van der Waals surface area contributed by atoms with Gasteiger partial charge in [-0.15, -0.1) is 35.0 Å². The molecule has 6 N–H and O–H groups in total. The van der Waals surface area contributed by atoms with Crippen molar-refractivity contribution in [3.8, 4) is 23.7 Å². The molecule has 0 bridgehead atoms. The lowest BCUT2D eigenvalue weighted by Gasteiger charge is -2.44. The van der Waals surface area contributed by atoms with Gasteiger partial charge in [-0.25, -0.2) is 9.18 Å². The minimum absolute atomic E-state index is 0.0944. The van der Waals surface area contributed by atoms with E-state index in [0.29, 0.717) is 29.9 Å². The molecular weight excluding hydrogens is 634 g/mol. The number of hydrogen-bond donors (Lipinski definition) is 4. The summed E-state index contributed by atoms with van der Waals surface area (Å²) in [7, 11) is 1.47. The fourth-order valence-electron chi connectivity index (χ4n) is 4.86. The molecular formula is C34H41Cl2FN4O3S. The molecule has 0 saturated heterocycles. The van der Waals surface area contributed by atoms with Crippen LogP contribution in [0, 0.1) is 29.1 Å².